The zero-order valence-corrected chi connectivity index (χ0v) is 6.75. The van der Waals surface area contributed by atoms with Crippen molar-refractivity contribution in [1.82, 2.24) is 10.2 Å². The normalized spacial score (nSPS) is 17.8. The van der Waals surface area contributed by atoms with Crippen LogP contribution in [0.1, 0.15) is 29.5 Å². The third kappa shape index (κ3) is 1.04. The molecular formula is C8H12N2O2. The van der Waals surface area contributed by atoms with E-state index in [2.05, 4.69) is 10.2 Å². The fraction of sp³-hybridized carbons (Fsp3) is 0.625. The number of H-pyrrole nitrogens is 1. The van der Waals surface area contributed by atoms with Gasteiger partial charge in [0.05, 0.1) is 12.3 Å². The number of aliphatic hydroxyl groups excluding tert-OH is 2. The van der Waals surface area contributed by atoms with Crippen LogP contribution in [0.2, 0.25) is 0 Å². The number of nitrogens with one attached hydrogen (secondary N) is 1. The number of rotatable bonds is 2. The molecule has 0 bridgehead atoms. The molecule has 3 N–H and O–H groups in total. The first-order valence-corrected chi connectivity index (χ1v) is 4.18. The molecule has 1 aromatic rings. The Hall–Kier alpha value is -0.870. The second kappa shape index (κ2) is 2.88. The van der Waals surface area contributed by atoms with E-state index in [0.717, 1.165) is 30.5 Å². The van der Waals surface area contributed by atoms with E-state index in [1.165, 1.54) is 0 Å². The second-order valence-corrected chi connectivity index (χ2v) is 3.12. The van der Waals surface area contributed by atoms with Crippen LogP contribution < -0.4 is 0 Å². The van der Waals surface area contributed by atoms with Gasteiger partial charge in [0.1, 0.15) is 6.10 Å². The Balaban J connectivity index is 2.33. The molecule has 0 radical (unpaired) electrons. The molecule has 4 nitrogen and oxygen atoms in total. The molecule has 66 valence electrons. The molecule has 0 saturated heterocycles. The summed E-state index contributed by atoms with van der Waals surface area (Å²) < 4.78 is 0. The van der Waals surface area contributed by atoms with Crippen molar-refractivity contribution >= 4 is 0 Å². The highest BCUT2D eigenvalue weighted by atomic mass is 16.3. The molecule has 1 atom stereocenters. The Morgan fingerprint density at radius 1 is 1.50 bits per heavy atom. The lowest BCUT2D eigenvalue weighted by molar-refractivity contribution is 0.0915. The molecule has 12 heavy (non-hydrogen) atoms. The third-order valence-corrected chi connectivity index (χ3v) is 2.33. The monoisotopic (exact) mass is 168 g/mol. The van der Waals surface area contributed by atoms with Crippen molar-refractivity contribution in [3.63, 3.8) is 0 Å². The maximum absolute atomic E-state index is 9.35. The van der Waals surface area contributed by atoms with Crippen molar-refractivity contribution in [2.45, 2.75) is 25.4 Å². The van der Waals surface area contributed by atoms with E-state index in [0.29, 0.717) is 5.69 Å². The topological polar surface area (TPSA) is 69.1 Å². The van der Waals surface area contributed by atoms with E-state index in [1.54, 1.807) is 0 Å². The Kier molecular flexibility index (Phi) is 1.86. The minimum Gasteiger partial charge on any atom is -0.393 e. The summed E-state index contributed by atoms with van der Waals surface area (Å²) in [6.07, 6.45) is 2.29. The molecule has 0 saturated carbocycles. The summed E-state index contributed by atoms with van der Waals surface area (Å²) in [4.78, 5) is 0. The maximum Gasteiger partial charge on any atom is 0.121 e. The van der Waals surface area contributed by atoms with Gasteiger partial charge in [0.2, 0.25) is 0 Å². The summed E-state index contributed by atoms with van der Waals surface area (Å²) in [5.41, 5.74) is 2.86. The van der Waals surface area contributed by atoms with E-state index in [-0.39, 0.29) is 6.61 Å². The molecule has 2 rings (SSSR count). The van der Waals surface area contributed by atoms with Crippen molar-refractivity contribution in [1.29, 1.82) is 0 Å². The molecule has 1 aromatic heterocycles. The number of fused-ring (bicyclic) bond motifs is 1. The van der Waals surface area contributed by atoms with Crippen LogP contribution in [0.3, 0.4) is 0 Å². The predicted octanol–water partition coefficient (Wildman–Crippen LogP) is -0.0759. The van der Waals surface area contributed by atoms with E-state index in [9.17, 15) is 5.11 Å². The van der Waals surface area contributed by atoms with E-state index < -0.39 is 6.10 Å². The third-order valence-electron chi connectivity index (χ3n) is 2.33. The van der Waals surface area contributed by atoms with Crippen LogP contribution in [0, 0.1) is 0 Å². The molecule has 0 aromatic carbocycles. The highest BCUT2D eigenvalue weighted by molar-refractivity contribution is 5.30. The second-order valence-electron chi connectivity index (χ2n) is 3.12. The Morgan fingerprint density at radius 2 is 2.33 bits per heavy atom. The van der Waals surface area contributed by atoms with Gasteiger partial charge in [-0.3, -0.25) is 5.10 Å². The Morgan fingerprint density at radius 3 is 3.08 bits per heavy atom. The summed E-state index contributed by atoms with van der Waals surface area (Å²) in [7, 11) is 0. The maximum atomic E-state index is 9.35. The average Bonchev–Trinajstić information content (AvgIpc) is 2.62. The number of aryl methyl sites for hydroxylation is 1. The van der Waals surface area contributed by atoms with Gasteiger partial charge < -0.3 is 10.2 Å². The fourth-order valence-electron chi connectivity index (χ4n) is 1.71. The van der Waals surface area contributed by atoms with Crippen molar-refractivity contribution in [3.8, 4) is 0 Å². The number of hydrogen-bond donors (Lipinski definition) is 3. The van der Waals surface area contributed by atoms with Crippen LogP contribution in [0.25, 0.3) is 0 Å². The van der Waals surface area contributed by atoms with Crippen molar-refractivity contribution in [2.24, 2.45) is 0 Å². The van der Waals surface area contributed by atoms with E-state index in [1.807, 2.05) is 0 Å². The molecule has 0 fully saturated rings. The van der Waals surface area contributed by atoms with Gasteiger partial charge in [0, 0.05) is 5.69 Å². The highest BCUT2D eigenvalue weighted by Crippen LogP contribution is 2.26. The molecule has 1 unspecified atom stereocenters. The SMILES string of the molecule is OCC(O)c1n[nH]c2c1CCC2. The summed E-state index contributed by atoms with van der Waals surface area (Å²) in [5, 5.41) is 24.9. The number of hydrogen-bond acceptors (Lipinski definition) is 3. The van der Waals surface area contributed by atoms with Gasteiger partial charge in [0.15, 0.2) is 0 Å². The number of aliphatic hydroxyl groups is 2. The largest absolute Gasteiger partial charge is 0.393 e. The van der Waals surface area contributed by atoms with Gasteiger partial charge in [-0.2, -0.15) is 5.10 Å². The van der Waals surface area contributed by atoms with Gasteiger partial charge in [-0.1, -0.05) is 0 Å². The standard InChI is InChI=1S/C8H12N2O2/c11-4-7(12)8-5-2-1-3-6(5)9-10-8/h7,11-12H,1-4H2,(H,9,10). The van der Waals surface area contributed by atoms with E-state index in [4.69, 9.17) is 5.11 Å². The molecule has 4 heteroatoms. The van der Waals surface area contributed by atoms with Crippen LogP contribution in [0.5, 0.6) is 0 Å². The number of aromatic nitrogens is 2. The van der Waals surface area contributed by atoms with Gasteiger partial charge in [0.25, 0.3) is 0 Å². The first-order chi connectivity index (χ1) is 5.83. The smallest absolute Gasteiger partial charge is 0.121 e. The summed E-state index contributed by atoms with van der Waals surface area (Å²) >= 11 is 0. The van der Waals surface area contributed by atoms with E-state index >= 15 is 0 Å². The lowest BCUT2D eigenvalue weighted by Crippen LogP contribution is -2.05. The molecule has 1 heterocycles. The molecule has 0 aliphatic heterocycles. The predicted molar refractivity (Wildman–Crippen MR) is 42.7 cm³/mol. The lowest BCUT2D eigenvalue weighted by atomic mass is 10.1. The van der Waals surface area contributed by atoms with Crippen LogP contribution in [0.4, 0.5) is 0 Å². The molecule has 0 amide bonds. The van der Waals surface area contributed by atoms with Crippen LogP contribution in [-0.4, -0.2) is 27.0 Å². The Bertz CT molecular complexity index is 283. The van der Waals surface area contributed by atoms with Gasteiger partial charge >= 0.3 is 0 Å². The summed E-state index contributed by atoms with van der Waals surface area (Å²) in [6.45, 7) is -0.253. The van der Waals surface area contributed by atoms with Gasteiger partial charge in [-0.15, -0.1) is 0 Å². The summed E-state index contributed by atoms with van der Waals surface area (Å²) in [6, 6.07) is 0. The van der Waals surface area contributed by atoms with Crippen molar-refractivity contribution < 1.29 is 10.2 Å². The quantitative estimate of drug-likeness (QED) is 0.578. The minimum atomic E-state index is -0.817. The molecule has 1 aliphatic carbocycles. The Labute approximate surface area is 70.2 Å². The zero-order valence-electron chi connectivity index (χ0n) is 6.75. The number of aromatic amines is 1. The lowest BCUT2D eigenvalue weighted by Gasteiger charge is -2.04. The van der Waals surface area contributed by atoms with Crippen molar-refractivity contribution in [3.05, 3.63) is 17.0 Å². The zero-order chi connectivity index (χ0) is 8.55. The molecule has 0 spiro atoms. The first-order valence-electron chi connectivity index (χ1n) is 4.18. The molecule has 1 aliphatic rings. The van der Waals surface area contributed by atoms with Crippen LogP contribution in [0.15, 0.2) is 0 Å². The summed E-state index contributed by atoms with van der Waals surface area (Å²) in [5.74, 6) is 0. The average molecular weight is 168 g/mol. The van der Waals surface area contributed by atoms with Gasteiger partial charge in [-0.25, -0.2) is 0 Å². The minimum absolute atomic E-state index is 0.253. The van der Waals surface area contributed by atoms with Crippen LogP contribution in [-0.2, 0) is 12.8 Å². The van der Waals surface area contributed by atoms with Crippen molar-refractivity contribution in [2.75, 3.05) is 6.61 Å². The van der Waals surface area contributed by atoms with Crippen LogP contribution >= 0.6 is 0 Å². The molecular weight excluding hydrogens is 156 g/mol. The fourth-order valence-corrected chi connectivity index (χ4v) is 1.71. The highest BCUT2D eigenvalue weighted by Gasteiger charge is 2.22. The van der Waals surface area contributed by atoms with Gasteiger partial charge in [-0.05, 0) is 24.8 Å². The first kappa shape index (κ1) is 7.76. The number of nitrogens with zero attached hydrogens (tertiary/aromatic N) is 1.